The van der Waals surface area contributed by atoms with E-state index in [1.807, 2.05) is 12.1 Å². The zero-order valence-electron chi connectivity index (χ0n) is 13.1. The number of imidazole rings is 1. The topological polar surface area (TPSA) is 41.1 Å². The van der Waals surface area contributed by atoms with Crippen LogP contribution >= 0.6 is 0 Å². The quantitative estimate of drug-likeness (QED) is 0.794. The number of hydrogen-bond donors (Lipinski definition) is 1. The molecule has 0 aliphatic carbocycles. The van der Waals surface area contributed by atoms with Crippen LogP contribution in [0, 0.1) is 0 Å². The zero-order chi connectivity index (χ0) is 15.8. The van der Waals surface area contributed by atoms with Gasteiger partial charge in [0.05, 0.1) is 23.4 Å². The van der Waals surface area contributed by atoms with Gasteiger partial charge in [0.2, 0.25) is 0 Å². The van der Waals surface area contributed by atoms with Crippen LogP contribution in [-0.2, 0) is 4.74 Å². The van der Waals surface area contributed by atoms with Gasteiger partial charge in [-0.15, -0.1) is 0 Å². The van der Waals surface area contributed by atoms with Gasteiger partial charge in [0.1, 0.15) is 6.61 Å². The molecule has 1 saturated heterocycles. The van der Waals surface area contributed by atoms with Gasteiger partial charge in [0.15, 0.2) is 5.88 Å². The Morgan fingerprint density at radius 2 is 2.09 bits per heavy atom. The van der Waals surface area contributed by atoms with Crippen LogP contribution in [0.2, 0.25) is 0 Å². The fourth-order valence-electron chi connectivity index (χ4n) is 3.26. The molecule has 2 aromatic carbocycles. The molecule has 2 atom stereocenters. The highest BCUT2D eigenvalue weighted by molar-refractivity contribution is 5.79. The van der Waals surface area contributed by atoms with E-state index < -0.39 is 0 Å². The van der Waals surface area contributed by atoms with E-state index >= 15 is 0 Å². The maximum Gasteiger partial charge on any atom is 0.186 e. The highest BCUT2D eigenvalue weighted by Crippen LogP contribution is 2.35. The van der Waals surface area contributed by atoms with Gasteiger partial charge < -0.3 is 14.6 Å². The van der Waals surface area contributed by atoms with Crippen molar-refractivity contribution in [2.24, 2.45) is 0 Å². The Morgan fingerprint density at radius 1 is 1.26 bits per heavy atom. The van der Waals surface area contributed by atoms with Crippen LogP contribution in [0.1, 0.15) is 18.4 Å². The van der Waals surface area contributed by atoms with Gasteiger partial charge in [0.25, 0.3) is 0 Å². The summed E-state index contributed by atoms with van der Waals surface area (Å²) in [5.41, 5.74) is 4.36. The number of hydrogen-bond acceptors (Lipinski definition) is 3. The van der Waals surface area contributed by atoms with E-state index in [1.54, 1.807) is 6.33 Å². The fourth-order valence-corrected chi connectivity index (χ4v) is 3.26. The molecule has 4 rings (SSSR count). The summed E-state index contributed by atoms with van der Waals surface area (Å²) < 4.78 is 5.77. The molecule has 4 nitrogen and oxygen atoms in total. The molecule has 3 aromatic rings. The average molecular weight is 305 g/mol. The molecule has 0 saturated carbocycles. The second-order valence-electron chi connectivity index (χ2n) is 5.95. The van der Waals surface area contributed by atoms with Crippen LogP contribution in [-0.4, -0.2) is 22.6 Å². The minimum atomic E-state index is 0.223. The van der Waals surface area contributed by atoms with Gasteiger partial charge in [-0.3, -0.25) is 0 Å². The molecule has 1 fully saturated rings. The van der Waals surface area contributed by atoms with Crippen molar-refractivity contribution in [3.8, 4) is 0 Å². The summed E-state index contributed by atoms with van der Waals surface area (Å²) in [6, 6.07) is 17.0. The zero-order valence-corrected chi connectivity index (χ0v) is 13.1. The van der Waals surface area contributed by atoms with Crippen molar-refractivity contribution >= 4 is 16.7 Å². The molecule has 116 valence electrons. The Hall–Kier alpha value is -2.75. The normalized spacial score (nSPS) is 19.1. The first-order valence-corrected chi connectivity index (χ1v) is 7.83. The fraction of sp³-hybridized carbons (Fsp3) is 0.211. The van der Waals surface area contributed by atoms with Crippen LogP contribution in [0.5, 0.6) is 0 Å². The molecular formula is C19H19N3O. The Kier molecular flexibility index (Phi) is 3.30. The molecule has 1 N–H and O–H groups in total. The number of anilines is 1. The summed E-state index contributed by atoms with van der Waals surface area (Å²) in [7, 11) is 0. The SMILES string of the molecule is C=C1OCC(C(C)c2ccccc2)N1c1ccc2[nH]cnc2c1. The molecule has 4 heteroatoms. The first-order chi connectivity index (χ1) is 11.2. The Bertz CT molecular complexity index is 840. The van der Waals surface area contributed by atoms with Crippen molar-refractivity contribution in [3.05, 3.63) is 72.9 Å². The summed E-state index contributed by atoms with van der Waals surface area (Å²) >= 11 is 0. The second kappa shape index (κ2) is 5.47. The van der Waals surface area contributed by atoms with Crippen molar-refractivity contribution in [1.82, 2.24) is 9.97 Å². The largest absolute Gasteiger partial charge is 0.477 e. The van der Waals surface area contributed by atoms with Crippen LogP contribution in [0.15, 0.2) is 67.3 Å². The molecule has 1 aromatic heterocycles. The van der Waals surface area contributed by atoms with Gasteiger partial charge in [-0.25, -0.2) is 4.98 Å². The lowest BCUT2D eigenvalue weighted by Gasteiger charge is -2.29. The number of ether oxygens (including phenoxy) is 1. The molecule has 0 spiro atoms. The second-order valence-corrected chi connectivity index (χ2v) is 5.95. The molecule has 0 radical (unpaired) electrons. The summed E-state index contributed by atoms with van der Waals surface area (Å²) in [6.07, 6.45) is 1.72. The Morgan fingerprint density at radius 3 is 2.91 bits per heavy atom. The number of nitrogens with one attached hydrogen (secondary N) is 1. The number of fused-ring (bicyclic) bond motifs is 1. The van der Waals surface area contributed by atoms with E-state index in [0.29, 0.717) is 18.4 Å². The van der Waals surface area contributed by atoms with Crippen molar-refractivity contribution in [2.75, 3.05) is 11.5 Å². The number of H-pyrrole nitrogens is 1. The van der Waals surface area contributed by atoms with Crippen LogP contribution < -0.4 is 4.90 Å². The Labute approximate surface area is 135 Å². The third-order valence-corrected chi connectivity index (χ3v) is 4.61. The Balaban J connectivity index is 1.71. The van der Waals surface area contributed by atoms with Gasteiger partial charge in [-0.1, -0.05) is 37.3 Å². The van der Waals surface area contributed by atoms with Gasteiger partial charge in [0, 0.05) is 11.6 Å². The lowest BCUT2D eigenvalue weighted by Crippen LogP contribution is -2.34. The number of aromatic amines is 1. The first kappa shape index (κ1) is 13.9. The third kappa shape index (κ3) is 2.36. The summed E-state index contributed by atoms with van der Waals surface area (Å²) in [5.74, 6) is 1.04. The highest BCUT2D eigenvalue weighted by Gasteiger charge is 2.34. The minimum Gasteiger partial charge on any atom is -0.477 e. The van der Waals surface area contributed by atoms with Crippen molar-refractivity contribution in [1.29, 1.82) is 0 Å². The number of benzene rings is 2. The monoisotopic (exact) mass is 305 g/mol. The maximum atomic E-state index is 5.77. The van der Waals surface area contributed by atoms with E-state index in [1.165, 1.54) is 5.56 Å². The van der Waals surface area contributed by atoms with E-state index in [0.717, 1.165) is 16.7 Å². The highest BCUT2D eigenvalue weighted by atomic mass is 16.5. The van der Waals surface area contributed by atoms with Crippen LogP contribution in [0.3, 0.4) is 0 Å². The number of nitrogens with zero attached hydrogens (tertiary/aromatic N) is 2. The number of rotatable bonds is 3. The third-order valence-electron chi connectivity index (χ3n) is 4.61. The van der Waals surface area contributed by atoms with Gasteiger partial charge in [-0.05, 0) is 30.3 Å². The molecule has 0 amide bonds. The van der Waals surface area contributed by atoms with Crippen molar-refractivity contribution in [2.45, 2.75) is 18.9 Å². The van der Waals surface area contributed by atoms with Crippen molar-refractivity contribution < 1.29 is 4.74 Å². The number of aromatic nitrogens is 2. The predicted molar refractivity (Wildman–Crippen MR) is 92.3 cm³/mol. The van der Waals surface area contributed by atoms with Gasteiger partial charge >= 0.3 is 0 Å². The summed E-state index contributed by atoms with van der Waals surface area (Å²) in [5, 5.41) is 0. The first-order valence-electron chi connectivity index (χ1n) is 7.83. The predicted octanol–water partition coefficient (Wildman–Crippen LogP) is 4.04. The maximum absolute atomic E-state index is 5.77. The van der Waals surface area contributed by atoms with Gasteiger partial charge in [-0.2, -0.15) is 0 Å². The van der Waals surface area contributed by atoms with E-state index in [4.69, 9.17) is 4.74 Å². The smallest absolute Gasteiger partial charge is 0.186 e. The molecule has 1 aliphatic heterocycles. The molecule has 2 unspecified atom stereocenters. The lowest BCUT2D eigenvalue weighted by molar-refractivity contribution is 0.251. The summed E-state index contributed by atoms with van der Waals surface area (Å²) in [6.45, 7) is 6.97. The van der Waals surface area contributed by atoms with E-state index in [9.17, 15) is 0 Å². The molecule has 23 heavy (non-hydrogen) atoms. The van der Waals surface area contributed by atoms with E-state index in [-0.39, 0.29) is 6.04 Å². The summed E-state index contributed by atoms with van der Waals surface area (Å²) in [4.78, 5) is 9.66. The average Bonchev–Trinajstić information content (AvgIpc) is 3.20. The lowest BCUT2D eigenvalue weighted by atomic mass is 9.93. The molecular weight excluding hydrogens is 286 g/mol. The standard InChI is InChI=1S/C19H19N3O/c1-13(15-6-4-3-5-7-15)19-11-23-14(2)22(19)16-8-9-17-18(10-16)21-12-20-17/h3-10,12-13,19H,2,11H2,1H3,(H,20,21). The minimum absolute atomic E-state index is 0.223. The molecule has 2 heterocycles. The molecule has 0 bridgehead atoms. The van der Waals surface area contributed by atoms with Crippen molar-refractivity contribution in [3.63, 3.8) is 0 Å². The molecule has 1 aliphatic rings. The van der Waals surface area contributed by atoms with Crippen LogP contribution in [0.25, 0.3) is 11.0 Å². The van der Waals surface area contributed by atoms with Crippen LogP contribution in [0.4, 0.5) is 5.69 Å². The van der Waals surface area contributed by atoms with E-state index in [2.05, 4.69) is 64.8 Å².